The van der Waals surface area contributed by atoms with Crippen LogP contribution in [0.5, 0.6) is 0 Å². The Bertz CT molecular complexity index is 563. The smallest absolute Gasteiger partial charge is 0.276 e. The maximum absolute atomic E-state index is 12.4. The number of H-pyrrole nitrogens is 1. The zero-order chi connectivity index (χ0) is 13.2. The van der Waals surface area contributed by atoms with Crippen LogP contribution in [0, 0.1) is 6.92 Å². The molecule has 3 rings (SSSR count). The third-order valence-corrected chi connectivity index (χ3v) is 3.12. The van der Waals surface area contributed by atoms with Gasteiger partial charge < -0.3 is 14.2 Å². The number of rotatable bonds is 2. The molecule has 7 nitrogen and oxygen atoms in total. The van der Waals surface area contributed by atoms with Crippen LogP contribution in [-0.2, 0) is 4.74 Å². The van der Waals surface area contributed by atoms with E-state index in [4.69, 9.17) is 9.26 Å². The lowest BCUT2D eigenvalue weighted by Gasteiger charge is -2.34. The van der Waals surface area contributed by atoms with Gasteiger partial charge in [-0.3, -0.25) is 9.89 Å². The molecule has 19 heavy (non-hydrogen) atoms. The molecule has 0 aromatic carbocycles. The lowest BCUT2D eigenvalue weighted by molar-refractivity contribution is -0.00441. The van der Waals surface area contributed by atoms with E-state index < -0.39 is 0 Å². The van der Waals surface area contributed by atoms with E-state index in [2.05, 4.69) is 15.4 Å². The van der Waals surface area contributed by atoms with Crippen molar-refractivity contribution in [2.24, 2.45) is 0 Å². The molecule has 1 aliphatic rings. The quantitative estimate of drug-likeness (QED) is 0.870. The van der Waals surface area contributed by atoms with Crippen LogP contribution in [0.3, 0.4) is 0 Å². The molecule has 100 valence electrons. The fourth-order valence-corrected chi connectivity index (χ4v) is 2.17. The van der Waals surface area contributed by atoms with Gasteiger partial charge in [-0.15, -0.1) is 0 Å². The average molecular weight is 262 g/mol. The highest BCUT2D eigenvalue weighted by molar-refractivity contribution is 5.92. The van der Waals surface area contributed by atoms with Gasteiger partial charge in [0.1, 0.15) is 5.76 Å². The zero-order valence-electron chi connectivity index (χ0n) is 10.5. The minimum atomic E-state index is -0.166. The van der Waals surface area contributed by atoms with E-state index in [1.807, 2.05) is 6.07 Å². The van der Waals surface area contributed by atoms with Crippen molar-refractivity contribution in [3.05, 3.63) is 35.5 Å². The van der Waals surface area contributed by atoms with Crippen molar-refractivity contribution in [3.8, 4) is 0 Å². The number of ether oxygens (including phenoxy) is 1. The van der Waals surface area contributed by atoms with Crippen molar-refractivity contribution in [1.82, 2.24) is 20.3 Å². The molecule has 1 unspecified atom stereocenters. The molecule has 0 saturated carbocycles. The van der Waals surface area contributed by atoms with Crippen LogP contribution < -0.4 is 0 Å². The molecule has 1 saturated heterocycles. The first-order chi connectivity index (χ1) is 9.25. The highest BCUT2D eigenvalue weighted by atomic mass is 16.5. The summed E-state index contributed by atoms with van der Waals surface area (Å²) in [7, 11) is 0. The number of morpholine rings is 1. The topological polar surface area (TPSA) is 84.3 Å². The monoisotopic (exact) mass is 262 g/mol. The number of aromatic nitrogens is 3. The average Bonchev–Trinajstić information content (AvgIpc) is 3.09. The molecule has 0 spiro atoms. The van der Waals surface area contributed by atoms with Gasteiger partial charge in [0, 0.05) is 18.8 Å². The summed E-state index contributed by atoms with van der Waals surface area (Å²) in [4.78, 5) is 14.2. The van der Waals surface area contributed by atoms with Gasteiger partial charge >= 0.3 is 0 Å². The molecule has 1 fully saturated rings. The number of carbonyl (C=O) groups excluding carboxylic acids is 1. The Morgan fingerprint density at radius 1 is 1.58 bits per heavy atom. The van der Waals surface area contributed by atoms with E-state index in [0.29, 0.717) is 31.2 Å². The maximum atomic E-state index is 12.4. The first-order valence-electron chi connectivity index (χ1n) is 6.07. The van der Waals surface area contributed by atoms with Gasteiger partial charge in [0.15, 0.2) is 5.69 Å². The van der Waals surface area contributed by atoms with Crippen molar-refractivity contribution in [2.45, 2.75) is 13.0 Å². The number of amides is 1. The fourth-order valence-electron chi connectivity index (χ4n) is 2.17. The Balaban J connectivity index is 1.86. The molecule has 2 aromatic rings. The van der Waals surface area contributed by atoms with E-state index >= 15 is 0 Å². The molecule has 1 amide bonds. The van der Waals surface area contributed by atoms with Crippen LogP contribution in [0.4, 0.5) is 0 Å². The molecule has 0 aliphatic carbocycles. The highest BCUT2D eigenvalue weighted by Crippen LogP contribution is 2.24. The number of nitrogens with zero attached hydrogens (tertiary/aromatic N) is 3. The summed E-state index contributed by atoms with van der Waals surface area (Å²) >= 11 is 0. The van der Waals surface area contributed by atoms with Crippen molar-refractivity contribution >= 4 is 5.91 Å². The maximum Gasteiger partial charge on any atom is 0.276 e. The van der Waals surface area contributed by atoms with Crippen LogP contribution in [-0.4, -0.2) is 45.9 Å². The first kappa shape index (κ1) is 11.9. The zero-order valence-corrected chi connectivity index (χ0v) is 10.5. The molecule has 1 atom stereocenters. The number of nitrogens with one attached hydrogen (secondary N) is 1. The minimum Gasteiger partial charge on any atom is -0.377 e. The second kappa shape index (κ2) is 4.85. The molecule has 0 bridgehead atoms. The Kier molecular flexibility index (Phi) is 3.04. The predicted molar refractivity (Wildman–Crippen MR) is 64.4 cm³/mol. The van der Waals surface area contributed by atoms with Crippen molar-refractivity contribution < 1.29 is 14.1 Å². The van der Waals surface area contributed by atoms with Gasteiger partial charge in [0.05, 0.1) is 24.9 Å². The predicted octanol–water partition coefficient (Wildman–Crippen LogP) is 0.920. The van der Waals surface area contributed by atoms with E-state index in [9.17, 15) is 4.79 Å². The lowest BCUT2D eigenvalue weighted by Crippen LogP contribution is -2.43. The normalized spacial score (nSPS) is 19.6. The van der Waals surface area contributed by atoms with Crippen LogP contribution >= 0.6 is 0 Å². The fraction of sp³-hybridized carbons (Fsp3) is 0.417. The molecular formula is C12H14N4O3. The van der Waals surface area contributed by atoms with Crippen molar-refractivity contribution in [3.63, 3.8) is 0 Å². The summed E-state index contributed by atoms with van der Waals surface area (Å²) < 4.78 is 10.4. The number of hydrogen-bond acceptors (Lipinski definition) is 5. The van der Waals surface area contributed by atoms with Crippen LogP contribution in [0.2, 0.25) is 0 Å². The van der Waals surface area contributed by atoms with Crippen molar-refractivity contribution in [1.29, 1.82) is 0 Å². The Labute approximate surface area is 109 Å². The van der Waals surface area contributed by atoms with Crippen LogP contribution in [0.15, 0.2) is 22.9 Å². The Morgan fingerprint density at radius 2 is 2.47 bits per heavy atom. The van der Waals surface area contributed by atoms with E-state index in [0.717, 1.165) is 5.69 Å². The summed E-state index contributed by atoms with van der Waals surface area (Å²) in [5.74, 6) is 0.467. The largest absolute Gasteiger partial charge is 0.377 e. The number of carbonyl (C=O) groups is 1. The second-order valence-electron chi connectivity index (χ2n) is 4.42. The van der Waals surface area contributed by atoms with E-state index in [1.54, 1.807) is 24.1 Å². The van der Waals surface area contributed by atoms with Gasteiger partial charge in [0.25, 0.3) is 5.91 Å². The van der Waals surface area contributed by atoms with Crippen LogP contribution in [0.25, 0.3) is 0 Å². The number of aromatic amines is 1. The van der Waals surface area contributed by atoms with Gasteiger partial charge in [-0.1, -0.05) is 5.16 Å². The summed E-state index contributed by atoms with van der Waals surface area (Å²) in [6.07, 6.45) is 1.66. The van der Waals surface area contributed by atoms with Gasteiger partial charge in [-0.25, -0.2) is 0 Å². The number of aryl methyl sites for hydroxylation is 1. The minimum absolute atomic E-state index is 0.153. The third-order valence-electron chi connectivity index (χ3n) is 3.12. The van der Waals surface area contributed by atoms with Gasteiger partial charge in [-0.2, -0.15) is 5.10 Å². The van der Waals surface area contributed by atoms with E-state index in [-0.39, 0.29) is 11.9 Å². The summed E-state index contributed by atoms with van der Waals surface area (Å²) in [5.41, 5.74) is 1.18. The van der Waals surface area contributed by atoms with Gasteiger partial charge in [-0.05, 0) is 13.0 Å². The third kappa shape index (κ3) is 2.24. The molecule has 0 radical (unpaired) electrons. The Hall–Kier alpha value is -2.15. The Morgan fingerprint density at radius 3 is 3.16 bits per heavy atom. The van der Waals surface area contributed by atoms with E-state index in [1.165, 1.54) is 0 Å². The lowest BCUT2D eigenvalue weighted by atomic mass is 10.1. The van der Waals surface area contributed by atoms with Gasteiger partial charge in [0.2, 0.25) is 0 Å². The highest BCUT2D eigenvalue weighted by Gasteiger charge is 2.31. The molecule has 1 N–H and O–H groups in total. The summed E-state index contributed by atoms with van der Waals surface area (Å²) in [6.45, 7) is 3.25. The molecule has 3 heterocycles. The first-order valence-corrected chi connectivity index (χ1v) is 6.07. The SMILES string of the molecule is Cc1cc(C(=O)N2CCOCC2c2ccn[nH]2)no1. The second-order valence-corrected chi connectivity index (χ2v) is 4.42. The number of hydrogen-bond donors (Lipinski definition) is 1. The summed E-state index contributed by atoms with van der Waals surface area (Å²) in [5, 5.41) is 10.6. The summed E-state index contributed by atoms with van der Waals surface area (Å²) in [6, 6.07) is 3.32. The van der Waals surface area contributed by atoms with Crippen LogP contribution in [0.1, 0.15) is 28.0 Å². The molecule has 1 aliphatic heterocycles. The standard InChI is InChI=1S/C12H14N4O3/c1-8-6-10(15-19-8)12(17)16-4-5-18-7-11(16)9-2-3-13-14-9/h2-3,6,11H,4-5,7H2,1H3,(H,13,14). The van der Waals surface area contributed by atoms with Crippen molar-refractivity contribution in [2.75, 3.05) is 19.8 Å². The molecule has 2 aromatic heterocycles. The molecular weight excluding hydrogens is 248 g/mol. The molecule has 7 heteroatoms.